The maximum Gasteiger partial charge on any atom is 0.292 e. The molecule has 0 radical (unpaired) electrons. The van der Waals surface area contributed by atoms with E-state index >= 15 is 0 Å². The molecule has 2 aliphatic heterocycles. The van der Waals surface area contributed by atoms with E-state index in [1.54, 1.807) is 31.4 Å². The van der Waals surface area contributed by atoms with E-state index < -0.39 is 6.17 Å². The number of carbonyl (C=O) groups is 1. The summed E-state index contributed by atoms with van der Waals surface area (Å²) < 4.78 is 29.9. The molecule has 1 aromatic carbocycles. The molecule has 9 heteroatoms. The van der Waals surface area contributed by atoms with E-state index in [4.69, 9.17) is 13.9 Å². The van der Waals surface area contributed by atoms with Crippen LogP contribution in [0.3, 0.4) is 0 Å². The average molecular weight is 438 g/mol. The van der Waals surface area contributed by atoms with Gasteiger partial charge in [0.1, 0.15) is 29.2 Å². The summed E-state index contributed by atoms with van der Waals surface area (Å²) in [6.45, 7) is 1.74. The Morgan fingerprint density at radius 1 is 1.22 bits per heavy atom. The first kappa shape index (κ1) is 20.3. The van der Waals surface area contributed by atoms with Crippen molar-refractivity contribution in [3.8, 4) is 23.0 Å². The summed E-state index contributed by atoms with van der Waals surface area (Å²) in [7, 11) is 3.18. The van der Waals surface area contributed by atoms with Gasteiger partial charge in [0.25, 0.3) is 5.91 Å². The largest absolute Gasteiger partial charge is 0.497 e. The van der Waals surface area contributed by atoms with Crippen LogP contribution in [0, 0.1) is 0 Å². The summed E-state index contributed by atoms with van der Waals surface area (Å²) in [5, 5.41) is 0. The number of nitrogens with zero attached hydrogens (tertiary/aromatic N) is 4. The van der Waals surface area contributed by atoms with Gasteiger partial charge in [-0.2, -0.15) is 0 Å². The van der Waals surface area contributed by atoms with E-state index in [2.05, 4.69) is 9.97 Å². The molecule has 0 spiro atoms. The van der Waals surface area contributed by atoms with E-state index in [9.17, 15) is 9.18 Å². The number of alkyl halides is 1. The van der Waals surface area contributed by atoms with E-state index in [-0.39, 0.29) is 11.7 Å². The van der Waals surface area contributed by atoms with Crippen LogP contribution in [0.5, 0.6) is 11.5 Å². The standard InChI is InChI=1S/C23H23FN4O4/c1-30-17-5-3-15(19(9-17)31-2)11-28-13-18-21(23(28)29)32-22(26-18)14-4-6-20(25-10-14)27-8-7-16(24)12-27/h3-6,9-10,16H,7-8,11-13H2,1-2H3/t16-/m0/s1. The average Bonchev–Trinajstić information content (AvgIpc) is 3.51. The number of hydrogen-bond acceptors (Lipinski definition) is 7. The van der Waals surface area contributed by atoms with Gasteiger partial charge in [0.2, 0.25) is 11.7 Å². The van der Waals surface area contributed by atoms with Gasteiger partial charge in [-0.3, -0.25) is 4.79 Å². The van der Waals surface area contributed by atoms with Crippen LogP contribution in [0.1, 0.15) is 28.2 Å². The Morgan fingerprint density at radius 3 is 2.75 bits per heavy atom. The molecule has 3 aromatic rings. The lowest BCUT2D eigenvalue weighted by atomic mass is 10.2. The van der Waals surface area contributed by atoms with Gasteiger partial charge >= 0.3 is 0 Å². The fourth-order valence-electron chi connectivity index (χ4n) is 4.09. The van der Waals surface area contributed by atoms with Crippen molar-refractivity contribution in [3.63, 3.8) is 0 Å². The number of pyridine rings is 1. The lowest BCUT2D eigenvalue weighted by Crippen LogP contribution is -2.23. The molecule has 1 saturated heterocycles. The van der Waals surface area contributed by atoms with E-state index in [1.165, 1.54) is 0 Å². The zero-order chi connectivity index (χ0) is 22.2. The van der Waals surface area contributed by atoms with Crippen LogP contribution in [0.25, 0.3) is 11.5 Å². The molecule has 0 aliphatic carbocycles. The lowest BCUT2D eigenvalue weighted by Gasteiger charge is -2.18. The molecule has 166 valence electrons. The van der Waals surface area contributed by atoms with Gasteiger partial charge in [-0.05, 0) is 30.7 Å². The van der Waals surface area contributed by atoms with Gasteiger partial charge in [0.15, 0.2) is 0 Å². The summed E-state index contributed by atoms with van der Waals surface area (Å²) >= 11 is 0. The zero-order valence-corrected chi connectivity index (χ0v) is 17.9. The Hall–Kier alpha value is -3.62. The van der Waals surface area contributed by atoms with Gasteiger partial charge in [-0.1, -0.05) is 0 Å². The molecule has 1 fully saturated rings. The molecular formula is C23H23FN4O4. The number of aromatic nitrogens is 2. The number of ether oxygens (including phenoxy) is 2. The molecule has 1 atom stereocenters. The molecule has 5 rings (SSSR count). The lowest BCUT2D eigenvalue weighted by molar-refractivity contribution is 0.0738. The third-order valence-electron chi connectivity index (χ3n) is 5.82. The molecule has 0 saturated carbocycles. The van der Waals surface area contributed by atoms with Crippen molar-refractivity contribution in [1.82, 2.24) is 14.9 Å². The predicted octanol–water partition coefficient (Wildman–Crippen LogP) is 3.46. The minimum absolute atomic E-state index is 0.216. The number of amides is 1. The van der Waals surface area contributed by atoms with Crippen LogP contribution in [0.4, 0.5) is 10.2 Å². The van der Waals surface area contributed by atoms with Crippen molar-refractivity contribution in [2.24, 2.45) is 0 Å². The molecule has 32 heavy (non-hydrogen) atoms. The van der Waals surface area contributed by atoms with Crippen LogP contribution >= 0.6 is 0 Å². The van der Waals surface area contributed by atoms with Gasteiger partial charge in [0, 0.05) is 24.4 Å². The van der Waals surface area contributed by atoms with E-state index in [1.807, 2.05) is 29.2 Å². The number of carbonyl (C=O) groups excluding carboxylic acids is 1. The minimum atomic E-state index is -0.807. The SMILES string of the molecule is COc1ccc(CN2Cc3nc(-c4ccc(N5CC[C@H](F)C5)nc4)oc3C2=O)c(OC)c1. The van der Waals surface area contributed by atoms with Crippen molar-refractivity contribution >= 4 is 11.7 Å². The van der Waals surface area contributed by atoms with Crippen LogP contribution in [-0.4, -0.2) is 54.3 Å². The number of oxazole rings is 1. The van der Waals surface area contributed by atoms with Crippen LogP contribution in [-0.2, 0) is 13.1 Å². The summed E-state index contributed by atoms with van der Waals surface area (Å²) in [5.41, 5.74) is 2.14. The summed E-state index contributed by atoms with van der Waals surface area (Å²) in [5.74, 6) is 2.45. The highest BCUT2D eigenvalue weighted by Gasteiger charge is 2.34. The Kier molecular flexibility index (Phi) is 5.16. The quantitative estimate of drug-likeness (QED) is 0.583. The number of benzene rings is 1. The van der Waals surface area contributed by atoms with Crippen molar-refractivity contribution in [2.45, 2.75) is 25.7 Å². The highest BCUT2D eigenvalue weighted by Crippen LogP contribution is 2.32. The monoisotopic (exact) mass is 438 g/mol. The molecule has 8 nitrogen and oxygen atoms in total. The minimum Gasteiger partial charge on any atom is -0.497 e. The number of halogens is 1. The van der Waals surface area contributed by atoms with Crippen molar-refractivity contribution in [3.05, 3.63) is 53.5 Å². The van der Waals surface area contributed by atoms with Crippen LogP contribution in [0.2, 0.25) is 0 Å². The second-order valence-corrected chi connectivity index (χ2v) is 7.87. The Labute approximate surface area is 184 Å². The summed E-state index contributed by atoms with van der Waals surface area (Å²) in [6.07, 6.45) is 1.36. The second-order valence-electron chi connectivity index (χ2n) is 7.87. The number of anilines is 1. The Balaban J connectivity index is 1.30. The first-order chi connectivity index (χ1) is 15.6. The molecule has 4 heterocycles. The van der Waals surface area contributed by atoms with Crippen molar-refractivity contribution in [1.29, 1.82) is 0 Å². The van der Waals surface area contributed by atoms with Gasteiger partial charge in [-0.15, -0.1) is 0 Å². The molecule has 2 aliphatic rings. The summed E-state index contributed by atoms with van der Waals surface area (Å²) in [6, 6.07) is 9.16. The Bertz CT molecular complexity index is 1150. The zero-order valence-electron chi connectivity index (χ0n) is 17.9. The molecular weight excluding hydrogens is 415 g/mol. The van der Waals surface area contributed by atoms with Crippen molar-refractivity contribution < 1.29 is 23.1 Å². The number of fused-ring (bicyclic) bond motifs is 1. The van der Waals surface area contributed by atoms with E-state index in [0.29, 0.717) is 61.2 Å². The fourth-order valence-corrected chi connectivity index (χ4v) is 4.09. The van der Waals surface area contributed by atoms with E-state index in [0.717, 1.165) is 11.4 Å². The highest BCUT2D eigenvalue weighted by molar-refractivity contribution is 5.95. The second kappa shape index (κ2) is 8.14. The van der Waals surface area contributed by atoms with Gasteiger partial charge < -0.3 is 23.7 Å². The van der Waals surface area contributed by atoms with Gasteiger partial charge in [0.05, 0.1) is 39.4 Å². The maximum atomic E-state index is 13.4. The molecule has 0 unspecified atom stereocenters. The van der Waals surface area contributed by atoms with Gasteiger partial charge in [-0.25, -0.2) is 14.4 Å². The first-order valence-corrected chi connectivity index (χ1v) is 10.4. The normalized spacial score (nSPS) is 17.7. The smallest absolute Gasteiger partial charge is 0.292 e. The number of methoxy groups -OCH3 is 2. The number of hydrogen-bond donors (Lipinski definition) is 0. The third kappa shape index (κ3) is 3.63. The fraction of sp³-hybridized carbons (Fsp3) is 0.348. The highest BCUT2D eigenvalue weighted by atomic mass is 19.1. The molecule has 2 aromatic heterocycles. The molecule has 0 bridgehead atoms. The first-order valence-electron chi connectivity index (χ1n) is 10.4. The van der Waals surface area contributed by atoms with Crippen LogP contribution in [0.15, 0.2) is 40.9 Å². The Morgan fingerprint density at radius 2 is 2.09 bits per heavy atom. The maximum absolute atomic E-state index is 13.4. The van der Waals surface area contributed by atoms with Crippen LogP contribution < -0.4 is 14.4 Å². The molecule has 1 amide bonds. The molecule has 0 N–H and O–H groups in total. The predicted molar refractivity (Wildman–Crippen MR) is 115 cm³/mol. The third-order valence-corrected chi connectivity index (χ3v) is 5.82. The van der Waals surface area contributed by atoms with Crippen molar-refractivity contribution in [2.75, 3.05) is 32.2 Å². The topological polar surface area (TPSA) is 80.9 Å². The summed E-state index contributed by atoms with van der Waals surface area (Å²) in [4.78, 5) is 25.4. The number of rotatable bonds is 6.